The van der Waals surface area contributed by atoms with Crippen LogP contribution in [0.4, 0.5) is 17.1 Å². The second-order valence-electron chi connectivity index (χ2n) is 4.49. The van der Waals surface area contributed by atoms with Crippen molar-refractivity contribution in [3.05, 3.63) is 57.8 Å². The Morgan fingerprint density at radius 1 is 0.905 bits per heavy atom. The number of hydrogen-bond donors (Lipinski definition) is 2. The summed E-state index contributed by atoms with van der Waals surface area (Å²) < 4.78 is 0. The van der Waals surface area contributed by atoms with Gasteiger partial charge in [-0.25, -0.2) is 0 Å². The van der Waals surface area contributed by atoms with Gasteiger partial charge in [-0.05, 0) is 24.3 Å². The largest absolute Gasteiger partial charge is 0.397 e. The molecule has 0 spiro atoms. The molecule has 0 saturated carbocycles. The van der Waals surface area contributed by atoms with E-state index in [1.54, 1.807) is 24.5 Å². The van der Waals surface area contributed by atoms with Gasteiger partial charge in [-0.1, -0.05) is 40.9 Å². The number of pyridine rings is 1. The van der Waals surface area contributed by atoms with Gasteiger partial charge < -0.3 is 11.1 Å². The molecule has 21 heavy (non-hydrogen) atoms. The van der Waals surface area contributed by atoms with E-state index < -0.39 is 0 Å². The Labute approximate surface area is 136 Å². The Morgan fingerprint density at radius 3 is 2.48 bits per heavy atom. The fourth-order valence-corrected chi connectivity index (χ4v) is 2.66. The van der Waals surface area contributed by atoms with E-state index in [0.29, 0.717) is 26.4 Å². The number of nitrogens with two attached hydrogens (primary N) is 1. The van der Waals surface area contributed by atoms with Crippen LogP contribution in [0, 0.1) is 0 Å². The van der Waals surface area contributed by atoms with Crippen LogP contribution in [0.1, 0.15) is 0 Å². The van der Waals surface area contributed by atoms with E-state index in [2.05, 4.69) is 10.3 Å². The van der Waals surface area contributed by atoms with Gasteiger partial charge >= 0.3 is 0 Å². The van der Waals surface area contributed by atoms with Crippen LogP contribution in [0.5, 0.6) is 0 Å². The third kappa shape index (κ3) is 2.72. The van der Waals surface area contributed by atoms with E-state index in [4.69, 9.17) is 40.5 Å². The van der Waals surface area contributed by atoms with Crippen molar-refractivity contribution in [1.29, 1.82) is 0 Å². The summed E-state index contributed by atoms with van der Waals surface area (Å²) in [6, 6.07) is 8.94. The maximum Gasteiger partial charge on any atom is 0.0656 e. The highest BCUT2D eigenvalue weighted by atomic mass is 35.5. The first-order valence-electron chi connectivity index (χ1n) is 6.10. The van der Waals surface area contributed by atoms with Gasteiger partial charge in [0, 0.05) is 23.2 Å². The van der Waals surface area contributed by atoms with Crippen molar-refractivity contribution >= 4 is 62.6 Å². The van der Waals surface area contributed by atoms with Crippen LogP contribution in [-0.2, 0) is 0 Å². The molecule has 0 atom stereocenters. The van der Waals surface area contributed by atoms with Gasteiger partial charge in [0.05, 0.1) is 32.1 Å². The van der Waals surface area contributed by atoms with Crippen molar-refractivity contribution in [2.24, 2.45) is 0 Å². The standard InChI is InChI=1S/C15H10Cl3N3/c16-10-5-12(18)14(6-11(10)17)21-13-2-1-8-7-20-4-3-9(8)15(13)19/h1-7,21H,19H2. The second kappa shape index (κ2) is 5.60. The van der Waals surface area contributed by atoms with E-state index in [0.717, 1.165) is 16.5 Å². The quantitative estimate of drug-likeness (QED) is 0.478. The number of nitrogens with one attached hydrogen (secondary N) is 1. The zero-order valence-corrected chi connectivity index (χ0v) is 13.0. The highest BCUT2D eigenvalue weighted by Gasteiger charge is 2.09. The summed E-state index contributed by atoms with van der Waals surface area (Å²) in [6.07, 6.45) is 3.47. The normalized spacial score (nSPS) is 10.8. The van der Waals surface area contributed by atoms with E-state index in [1.807, 2.05) is 18.2 Å². The molecular weight excluding hydrogens is 329 g/mol. The number of anilines is 3. The Morgan fingerprint density at radius 2 is 1.67 bits per heavy atom. The van der Waals surface area contributed by atoms with Gasteiger partial charge in [0.2, 0.25) is 0 Å². The van der Waals surface area contributed by atoms with Gasteiger partial charge in [0.1, 0.15) is 0 Å². The minimum atomic E-state index is 0.407. The molecule has 0 unspecified atom stereocenters. The Hall–Kier alpha value is -1.68. The number of benzene rings is 2. The summed E-state index contributed by atoms with van der Waals surface area (Å²) in [4.78, 5) is 4.07. The molecule has 3 nitrogen and oxygen atoms in total. The van der Waals surface area contributed by atoms with E-state index >= 15 is 0 Å². The van der Waals surface area contributed by atoms with Crippen molar-refractivity contribution < 1.29 is 0 Å². The monoisotopic (exact) mass is 337 g/mol. The van der Waals surface area contributed by atoms with Crippen LogP contribution in [0.15, 0.2) is 42.7 Å². The first-order chi connectivity index (χ1) is 10.1. The van der Waals surface area contributed by atoms with E-state index in [1.165, 1.54) is 0 Å². The molecule has 0 radical (unpaired) electrons. The predicted octanol–water partition coefficient (Wildman–Crippen LogP) is 5.52. The SMILES string of the molecule is Nc1c(Nc2cc(Cl)c(Cl)cc2Cl)ccc2cnccc12. The lowest BCUT2D eigenvalue weighted by Gasteiger charge is -2.13. The van der Waals surface area contributed by atoms with Crippen LogP contribution in [0.3, 0.4) is 0 Å². The highest BCUT2D eigenvalue weighted by Crippen LogP contribution is 2.36. The van der Waals surface area contributed by atoms with Gasteiger partial charge in [0.25, 0.3) is 0 Å². The minimum absolute atomic E-state index is 0.407. The molecule has 0 aliphatic rings. The van der Waals surface area contributed by atoms with Gasteiger partial charge in [0.15, 0.2) is 0 Å². The number of nitrogen functional groups attached to an aromatic ring is 1. The van der Waals surface area contributed by atoms with Crippen LogP contribution in [0.2, 0.25) is 15.1 Å². The van der Waals surface area contributed by atoms with Gasteiger partial charge in [-0.3, -0.25) is 4.98 Å². The molecule has 106 valence electrons. The molecule has 0 amide bonds. The summed E-state index contributed by atoms with van der Waals surface area (Å²) in [5.41, 5.74) is 8.20. The topological polar surface area (TPSA) is 50.9 Å². The molecule has 0 fully saturated rings. The van der Waals surface area contributed by atoms with Crippen LogP contribution in [0.25, 0.3) is 10.8 Å². The number of fused-ring (bicyclic) bond motifs is 1. The molecule has 6 heteroatoms. The summed E-state index contributed by atoms with van der Waals surface area (Å²) in [6.45, 7) is 0. The molecule has 1 heterocycles. The smallest absolute Gasteiger partial charge is 0.0656 e. The zero-order chi connectivity index (χ0) is 15.0. The second-order valence-corrected chi connectivity index (χ2v) is 5.72. The molecule has 3 aromatic rings. The summed E-state index contributed by atoms with van der Waals surface area (Å²) in [7, 11) is 0. The molecule has 0 saturated heterocycles. The van der Waals surface area contributed by atoms with Crippen molar-refractivity contribution in [3.63, 3.8) is 0 Å². The Kier molecular flexibility index (Phi) is 3.81. The fourth-order valence-electron chi connectivity index (χ4n) is 2.07. The first-order valence-corrected chi connectivity index (χ1v) is 7.23. The lowest BCUT2D eigenvalue weighted by Crippen LogP contribution is -1.98. The Balaban J connectivity index is 2.06. The third-order valence-corrected chi connectivity index (χ3v) is 4.18. The van der Waals surface area contributed by atoms with Crippen molar-refractivity contribution in [2.75, 3.05) is 11.1 Å². The number of nitrogens with zero attached hydrogens (tertiary/aromatic N) is 1. The summed E-state index contributed by atoms with van der Waals surface area (Å²) in [5.74, 6) is 0. The molecule has 1 aromatic heterocycles. The summed E-state index contributed by atoms with van der Waals surface area (Å²) in [5, 5.41) is 6.38. The lowest BCUT2D eigenvalue weighted by atomic mass is 10.1. The molecule has 0 aliphatic heterocycles. The minimum Gasteiger partial charge on any atom is -0.397 e. The maximum atomic E-state index is 6.19. The highest BCUT2D eigenvalue weighted by molar-refractivity contribution is 6.44. The van der Waals surface area contributed by atoms with Crippen LogP contribution < -0.4 is 11.1 Å². The molecule has 3 rings (SSSR count). The molecular formula is C15H10Cl3N3. The molecule has 0 bridgehead atoms. The van der Waals surface area contributed by atoms with Crippen molar-refractivity contribution in [1.82, 2.24) is 4.98 Å². The number of halogens is 3. The average Bonchev–Trinajstić information content (AvgIpc) is 2.48. The lowest BCUT2D eigenvalue weighted by molar-refractivity contribution is 1.36. The fraction of sp³-hybridized carbons (Fsp3) is 0. The first kappa shape index (κ1) is 14.3. The zero-order valence-electron chi connectivity index (χ0n) is 10.7. The van der Waals surface area contributed by atoms with E-state index in [-0.39, 0.29) is 0 Å². The average molecular weight is 339 g/mol. The van der Waals surface area contributed by atoms with Crippen molar-refractivity contribution in [3.8, 4) is 0 Å². The number of rotatable bonds is 2. The van der Waals surface area contributed by atoms with Gasteiger partial charge in [-0.2, -0.15) is 0 Å². The molecule has 3 N–H and O–H groups in total. The van der Waals surface area contributed by atoms with Gasteiger partial charge in [-0.15, -0.1) is 0 Å². The van der Waals surface area contributed by atoms with Crippen molar-refractivity contribution in [2.45, 2.75) is 0 Å². The Bertz CT molecular complexity index is 834. The van der Waals surface area contributed by atoms with Crippen LogP contribution in [-0.4, -0.2) is 4.98 Å². The van der Waals surface area contributed by atoms with E-state index in [9.17, 15) is 0 Å². The molecule has 2 aromatic carbocycles. The predicted molar refractivity (Wildman–Crippen MR) is 90.9 cm³/mol. The summed E-state index contributed by atoms with van der Waals surface area (Å²) >= 11 is 18.1. The van der Waals surface area contributed by atoms with Crippen LogP contribution >= 0.6 is 34.8 Å². The molecule has 0 aliphatic carbocycles. The maximum absolute atomic E-state index is 6.19. The number of aromatic nitrogens is 1. The third-order valence-electron chi connectivity index (χ3n) is 3.14. The number of hydrogen-bond acceptors (Lipinski definition) is 3.